The Hall–Kier alpha value is -2.99. The van der Waals surface area contributed by atoms with Crippen molar-refractivity contribution >= 4 is 5.91 Å². The van der Waals surface area contributed by atoms with Gasteiger partial charge in [0.15, 0.2) is 0 Å². The first-order valence-corrected chi connectivity index (χ1v) is 8.79. The molecule has 1 unspecified atom stereocenters. The Kier molecular flexibility index (Phi) is 4.08. The molecule has 1 aliphatic carbocycles. The van der Waals surface area contributed by atoms with Gasteiger partial charge in [0.05, 0.1) is 16.8 Å². The van der Waals surface area contributed by atoms with Gasteiger partial charge in [0, 0.05) is 12.6 Å². The molecule has 0 fully saturated rings. The number of carbonyl (C=O) groups is 1. The maximum absolute atomic E-state index is 14.1. The van der Waals surface area contributed by atoms with Gasteiger partial charge >= 0.3 is 0 Å². The number of halogens is 1. The van der Waals surface area contributed by atoms with Crippen molar-refractivity contribution < 1.29 is 14.4 Å². The lowest BCUT2D eigenvalue weighted by atomic mass is 9.75. The highest BCUT2D eigenvalue weighted by molar-refractivity contribution is 5.89. The molecule has 0 bridgehead atoms. The molecule has 27 heavy (non-hydrogen) atoms. The smallest absolute Gasteiger partial charge is 0.254 e. The standard InChI is InChI=1S/C21H20FN3O2/c1-13-5-3-6-16(9-13)25-12-15-10-21(20(26)24-27,11-19(15)23-25)17-7-4-8-18(22)14(17)2/h3-9,12,27H,10-11H2,1-2H3,(H,24,26). The second-order valence-corrected chi connectivity index (χ2v) is 7.17. The van der Waals surface area contributed by atoms with Gasteiger partial charge in [0.1, 0.15) is 5.82 Å². The van der Waals surface area contributed by atoms with E-state index in [4.69, 9.17) is 0 Å². The molecule has 3 aromatic rings. The zero-order chi connectivity index (χ0) is 19.2. The van der Waals surface area contributed by atoms with E-state index in [2.05, 4.69) is 5.10 Å². The number of amides is 1. The first kappa shape index (κ1) is 17.4. The second kappa shape index (κ2) is 6.32. The van der Waals surface area contributed by atoms with Crippen LogP contribution in [0.1, 0.15) is 27.9 Å². The molecule has 2 aromatic carbocycles. The number of fused-ring (bicyclic) bond motifs is 1. The van der Waals surface area contributed by atoms with Gasteiger partial charge in [-0.1, -0.05) is 24.3 Å². The van der Waals surface area contributed by atoms with Crippen LogP contribution >= 0.6 is 0 Å². The zero-order valence-electron chi connectivity index (χ0n) is 15.2. The van der Waals surface area contributed by atoms with Crippen LogP contribution in [0.5, 0.6) is 0 Å². The number of benzene rings is 2. The maximum Gasteiger partial charge on any atom is 0.254 e. The van der Waals surface area contributed by atoms with Crippen molar-refractivity contribution in [3.05, 3.63) is 82.4 Å². The molecule has 4 rings (SSSR count). The van der Waals surface area contributed by atoms with Crippen LogP contribution in [-0.2, 0) is 23.1 Å². The predicted molar refractivity (Wildman–Crippen MR) is 98.5 cm³/mol. The molecule has 0 spiro atoms. The van der Waals surface area contributed by atoms with Crippen molar-refractivity contribution in [2.24, 2.45) is 0 Å². The lowest BCUT2D eigenvalue weighted by molar-refractivity contribution is -0.135. The van der Waals surface area contributed by atoms with Crippen LogP contribution in [0.15, 0.2) is 48.7 Å². The molecule has 1 atom stereocenters. The van der Waals surface area contributed by atoms with Crippen molar-refractivity contribution in [3.8, 4) is 5.69 Å². The van der Waals surface area contributed by atoms with E-state index in [1.165, 1.54) is 6.07 Å². The van der Waals surface area contributed by atoms with Crippen LogP contribution in [0.4, 0.5) is 4.39 Å². The summed E-state index contributed by atoms with van der Waals surface area (Å²) < 4.78 is 15.9. The average Bonchev–Trinajstić information content (AvgIpc) is 3.20. The topological polar surface area (TPSA) is 67.2 Å². The second-order valence-electron chi connectivity index (χ2n) is 7.17. The van der Waals surface area contributed by atoms with Crippen molar-refractivity contribution in [1.29, 1.82) is 0 Å². The summed E-state index contributed by atoms with van der Waals surface area (Å²) in [5, 5.41) is 14.0. The molecule has 138 valence electrons. The molecule has 0 radical (unpaired) electrons. The number of aryl methyl sites for hydroxylation is 1. The molecular formula is C21H20FN3O2. The lowest BCUT2D eigenvalue weighted by Gasteiger charge is -2.28. The Morgan fingerprint density at radius 2 is 2.00 bits per heavy atom. The number of rotatable bonds is 3. The molecule has 0 saturated carbocycles. The summed E-state index contributed by atoms with van der Waals surface area (Å²) in [4.78, 5) is 12.6. The van der Waals surface area contributed by atoms with E-state index < -0.39 is 11.3 Å². The number of aromatic nitrogens is 2. The van der Waals surface area contributed by atoms with E-state index in [-0.39, 0.29) is 5.82 Å². The summed E-state index contributed by atoms with van der Waals surface area (Å²) in [7, 11) is 0. The minimum atomic E-state index is -1.07. The fraction of sp³-hybridized carbons (Fsp3) is 0.238. The summed E-state index contributed by atoms with van der Waals surface area (Å²) in [5.41, 5.74) is 5.48. The number of carbonyl (C=O) groups excluding carboxylic acids is 1. The van der Waals surface area contributed by atoms with Gasteiger partial charge in [-0.3, -0.25) is 10.0 Å². The van der Waals surface area contributed by atoms with Gasteiger partial charge in [0.2, 0.25) is 0 Å². The van der Waals surface area contributed by atoms with E-state index in [0.29, 0.717) is 24.0 Å². The van der Waals surface area contributed by atoms with E-state index in [1.54, 1.807) is 29.2 Å². The fourth-order valence-electron chi connectivity index (χ4n) is 4.02. The minimum Gasteiger partial charge on any atom is -0.289 e. The molecule has 0 saturated heterocycles. The molecule has 1 heterocycles. The van der Waals surface area contributed by atoms with E-state index in [9.17, 15) is 14.4 Å². The Morgan fingerprint density at radius 3 is 2.70 bits per heavy atom. The molecule has 1 amide bonds. The Bertz CT molecular complexity index is 1020. The van der Waals surface area contributed by atoms with Crippen LogP contribution in [0, 0.1) is 19.7 Å². The van der Waals surface area contributed by atoms with Gasteiger partial charge in [-0.2, -0.15) is 5.10 Å². The Morgan fingerprint density at radius 1 is 1.22 bits per heavy atom. The van der Waals surface area contributed by atoms with Gasteiger partial charge in [-0.25, -0.2) is 14.6 Å². The quantitative estimate of drug-likeness (QED) is 0.553. The van der Waals surface area contributed by atoms with Crippen LogP contribution in [0.3, 0.4) is 0 Å². The summed E-state index contributed by atoms with van der Waals surface area (Å²) in [5.74, 6) is -0.914. The van der Waals surface area contributed by atoms with E-state index in [1.807, 2.05) is 37.4 Å². The number of nitrogens with one attached hydrogen (secondary N) is 1. The van der Waals surface area contributed by atoms with E-state index >= 15 is 0 Å². The van der Waals surface area contributed by atoms with Crippen molar-refractivity contribution in [2.75, 3.05) is 0 Å². The van der Waals surface area contributed by atoms with Gasteiger partial charge in [-0.05, 0) is 60.7 Å². The third-order valence-corrected chi connectivity index (χ3v) is 5.42. The van der Waals surface area contributed by atoms with Crippen molar-refractivity contribution in [1.82, 2.24) is 15.3 Å². The number of hydrogen-bond donors (Lipinski definition) is 2. The van der Waals surface area contributed by atoms with Crippen LogP contribution in [-0.4, -0.2) is 20.9 Å². The Labute approximate surface area is 156 Å². The number of nitrogens with zero attached hydrogens (tertiary/aromatic N) is 2. The first-order chi connectivity index (χ1) is 12.9. The largest absolute Gasteiger partial charge is 0.289 e. The predicted octanol–water partition coefficient (Wildman–Crippen LogP) is 3.17. The number of hydroxylamine groups is 1. The summed E-state index contributed by atoms with van der Waals surface area (Å²) in [6.07, 6.45) is 2.56. The molecule has 2 N–H and O–H groups in total. The Balaban J connectivity index is 1.77. The highest BCUT2D eigenvalue weighted by atomic mass is 19.1. The van der Waals surface area contributed by atoms with Gasteiger partial charge in [0.25, 0.3) is 5.91 Å². The van der Waals surface area contributed by atoms with Crippen molar-refractivity contribution in [2.45, 2.75) is 32.1 Å². The monoisotopic (exact) mass is 365 g/mol. The fourth-order valence-corrected chi connectivity index (χ4v) is 4.02. The molecule has 5 nitrogen and oxygen atoms in total. The minimum absolute atomic E-state index is 0.303. The first-order valence-electron chi connectivity index (χ1n) is 8.79. The highest BCUT2D eigenvalue weighted by Gasteiger charge is 2.48. The zero-order valence-corrected chi connectivity index (χ0v) is 15.2. The maximum atomic E-state index is 14.1. The lowest BCUT2D eigenvalue weighted by Crippen LogP contribution is -2.45. The highest BCUT2D eigenvalue weighted by Crippen LogP contribution is 2.41. The summed E-state index contributed by atoms with van der Waals surface area (Å²) in [6.45, 7) is 3.67. The summed E-state index contributed by atoms with van der Waals surface area (Å²) in [6, 6.07) is 12.7. The average molecular weight is 365 g/mol. The van der Waals surface area contributed by atoms with Crippen LogP contribution in [0.2, 0.25) is 0 Å². The molecule has 0 aliphatic heterocycles. The SMILES string of the molecule is Cc1cccc(-n2cc3c(n2)CC(C(=O)NO)(c2cccc(F)c2C)C3)c1. The molecule has 1 aliphatic rings. The van der Waals surface area contributed by atoms with Crippen molar-refractivity contribution in [3.63, 3.8) is 0 Å². The number of hydrogen-bond acceptors (Lipinski definition) is 3. The molecule has 6 heteroatoms. The van der Waals surface area contributed by atoms with Crippen LogP contribution < -0.4 is 5.48 Å². The molecule has 1 aromatic heterocycles. The van der Waals surface area contributed by atoms with Crippen LogP contribution in [0.25, 0.3) is 5.69 Å². The third-order valence-electron chi connectivity index (χ3n) is 5.42. The van der Waals surface area contributed by atoms with Gasteiger partial charge < -0.3 is 0 Å². The third kappa shape index (κ3) is 2.73. The molecular weight excluding hydrogens is 345 g/mol. The van der Waals surface area contributed by atoms with Gasteiger partial charge in [-0.15, -0.1) is 0 Å². The van der Waals surface area contributed by atoms with E-state index in [0.717, 1.165) is 22.5 Å². The summed E-state index contributed by atoms with van der Waals surface area (Å²) >= 11 is 0. The normalized spacial score (nSPS) is 18.4.